The van der Waals surface area contributed by atoms with Crippen LogP contribution in [0, 0.1) is 0 Å². The van der Waals surface area contributed by atoms with E-state index in [0.717, 1.165) is 41.7 Å². The van der Waals surface area contributed by atoms with Crippen molar-refractivity contribution in [3.05, 3.63) is 29.6 Å². The number of aromatic nitrogens is 2. The monoisotopic (exact) mass is 257 g/mol. The van der Waals surface area contributed by atoms with Gasteiger partial charge in [-0.15, -0.1) is 0 Å². The van der Waals surface area contributed by atoms with Crippen LogP contribution in [-0.4, -0.2) is 16.2 Å². The average molecular weight is 257 g/mol. The zero-order valence-electron chi connectivity index (χ0n) is 11.6. The maximum Gasteiger partial charge on any atom is 0.131 e. The molecule has 100 valence electrons. The molecule has 0 spiro atoms. The van der Waals surface area contributed by atoms with E-state index in [1.165, 1.54) is 5.56 Å². The summed E-state index contributed by atoms with van der Waals surface area (Å²) in [6.45, 7) is 5.03. The highest BCUT2D eigenvalue weighted by molar-refractivity contribution is 5.72. The van der Waals surface area contributed by atoms with E-state index in [0.29, 0.717) is 5.92 Å². The van der Waals surface area contributed by atoms with Gasteiger partial charge in [-0.2, -0.15) is 0 Å². The first-order valence-electron chi connectivity index (χ1n) is 6.66. The van der Waals surface area contributed by atoms with Crippen LogP contribution >= 0.6 is 0 Å². The molecule has 0 fully saturated rings. The Hall–Kier alpha value is -1.97. The lowest BCUT2D eigenvalue weighted by molar-refractivity contribution is 0.357. The topological polar surface area (TPSA) is 53.1 Å². The van der Waals surface area contributed by atoms with Gasteiger partial charge >= 0.3 is 0 Å². The third kappa shape index (κ3) is 1.87. The molecule has 19 heavy (non-hydrogen) atoms. The van der Waals surface area contributed by atoms with E-state index in [1.54, 1.807) is 0 Å². The van der Waals surface area contributed by atoms with E-state index in [2.05, 4.69) is 19.9 Å². The summed E-state index contributed by atoms with van der Waals surface area (Å²) in [7, 11) is 1.97. The minimum atomic E-state index is 0.360. The molecule has 0 radical (unpaired) electrons. The van der Waals surface area contributed by atoms with Crippen LogP contribution < -0.4 is 10.5 Å². The summed E-state index contributed by atoms with van der Waals surface area (Å²) in [5.41, 5.74) is 9.38. The minimum Gasteiger partial charge on any atom is -0.493 e. The third-order valence-corrected chi connectivity index (χ3v) is 3.65. The Balaban J connectivity index is 2.09. The molecule has 0 saturated carbocycles. The van der Waals surface area contributed by atoms with E-state index in [9.17, 15) is 0 Å². The fourth-order valence-electron chi connectivity index (χ4n) is 2.59. The van der Waals surface area contributed by atoms with Crippen molar-refractivity contribution in [1.82, 2.24) is 9.55 Å². The molecule has 0 amide bonds. The summed E-state index contributed by atoms with van der Waals surface area (Å²) >= 11 is 0. The van der Waals surface area contributed by atoms with Crippen molar-refractivity contribution >= 4 is 5.82 Å². The number of nitrogen functional groups attached to an aromatic ring is 1. The van der Waals surface area contributed by atoms with Crippen molar-refractivity contribution < 1.29 is 4.74 Å². The summed E-state index contributed by atoms with van der Waals surface area (Å²) in [6, 6.07) is 6.19. The normalized spacial score (nSPS) is 13.7. The van der Waals surface area contributed by atoms with Crippen LogP contribution in [0.5, 0.6) is 5.75 Å². The molecular formula is C15H19N3O. The maximum atomic E-state index is 6.19. The number of imidazole rings is 1. The number of anilines is 1. The molecule has 0 saturated heterocycles. The first-order chi connectivity index (χ1) is 9.08. The lowest BCUT2D eigenvalue weighted by Gasteiger charge is -2.04. The molecule has 2 aromatic rings. The zero-order chi connectivity index (χ0) is 13.6. The number of hydrogen-bond acceptors (Lipinski definition) is 3. The number of nitrogens with two attached hydrogens (primary N) is 1. The summed E-state index contributed by atoms with van der Waals surface area (Å²) < 4.78 is 7.51. The highest BCUT2D eigenvalue weighted by Crippen LogP contribution is 2.33. The van der Waals surface area contributed by atoms with Gasteiger partial charge in [-0.05, 0) is 23.8 Å². The second kappa shape index (κ2) is 4.30. The molecule has 2 heterocycles. The van der Waals surface area contributed by atoms with Crippen LogP contribution in [0.3, 0.4) is 0 Å². The molecule has 4 nitrogen and oxygen atoms in total. The molecule has 1 aromatic carbocycles. The Morgan fingerprint density at radius 1 is 1.37 bits per heavy atom. The summed E-state index contributed by atoms with van der Waals surface area (Å²) in [5.74, 6) is 3.09. The Morgan fingerprint density at radius 2 is 2.16 bits per heavy atom. The molecule has 3 rings (SSSR count). The molecule has 4 heteroatoms. The molecular weight excluding hydrogens is 238 g/mol. The van der Waals surface area contributed by atoms with Gasteiger partial charge in [0.15, 0.2) is 0 Å². The highest BCUT2D eigenvalue weighted by atomic mass is 16.5. The number of hydrogen-bond donors (Lipinski definition) is 1. The molecule has 0 aliphatic carbocycles. The van der Waals surface area contributed by atoms with Gasteiger partial charge in [0, 0.05) is 24.9 Å². The lowest BCUT2D eigenvalue weighted by atomic mass is 10.1. The summed E-state index contributed by atoms with van der Waals surface area (Å²) in [4.78, 5) is 4.70. The number of fused-ring (bicyclic) bond motifs is 1. The van der Waals surface area contributed by atoms with Gasteiger partial charge in [0.25, 0.3) is 0 Å². The van der Waals surface area contributed by atoms with Gasteiger partial charge in [-0.1, -0.05) is 13.8 Å². The van der Waals surface area contributed by atoms with E-state index >= 15 is 0 Å². The quantitative estimate of drug-likeness (QED) is 0.900. The van der Waals surface area contributed by atoms with Crippen molar-refractivity contribution in [3.8, 4) is 17.0 Å². The van der Waals surface area contributed by atoms with Crippen LogP contribution in [0.25, 0.3) is 11.3 Å². The minimum absolute atomic E-state index is 0.360. The maximum absolute atomic E-state index is 6.19. The van der Waals surface area contributed by atoms with Crippen molar-refractivity contribution in [2.75, 3.05) is 12.3 Å². The van der Waals surface area contributed by atoms with Crippen LogP contribution in [0.4, 0.5) is 5.82 Å². The largest absolute Gasteiger partial charge is 0.493 e. The first kappa shape index (κ1) is 12.1. The van der Waals surface area contributed by atoms with Crippen LogP contribution in [0.15, 0.2) is 18.2 Å². The predicted octanol–water partition coefficient (Wildman–Crippen LogP) is 2.73. The average Bonchev–Trinajstić information content (AvgIpc) is 2.95. The Labute approximate surface area is 113 Å². The number of ether oxygens (including phenoxy) is 1. The van der Waals surface area contributed by atoms with Crippen molar-refractivity contribution in [2.45, 2.75) is 26.2 Å². The van der Waals surface area contributed by atoms with E-state index in [-0.39, 0.29) is 0 Å². The fourth-order valence-corrected chi connectivity index (χ4v) is 2.59. The van der Waals surface area contributed by atoms with Crippen LogP contribution in [0.2, 0.25) is 0 Å². The van der Waals surface area contributed by atoms with Crippen molar-refractivity contribution in [2.24, 2.45) is 7.05 Å². The first-order valence-corrected chi connectivity index (χ1v) is 6.66. The van der Waals surface area contributed by atoms with Gasteiger partial charge < -0.3 is 15.0 Å². The van der Waals surface area contributed by atoms with E-state index in [4.69, 9.17) is 15.5 Å². The standard InChI is InChI=1S/C15H19N3O/c1-9(2)15-17-13(14(16)18(15)3)11-4-5-12-10(8-11)6-7-19-12/h4-5,8-9H,6-7,16H2,1-3H3. The number of nitrogens with zero attached hydrogens (tertiary/aromatic N) is 2. The van der Waals surface area contributed by atoms with Gasteiger partial charge in [0.2, 0.25) is 0 Å². The van der Waals surface area contributed by atoms with Gasteiger partial charge in [-0.25, -0.2) is 4.98 Å². The molecule has 2 N–H and O–H groups in total. The molecule has 1 aliphatic rings. The molecule has 0 bridgehead atoms. The highest BCUT2D eigenvalue weighted by Gasteiger charge is 2.18. The Bertz CT molecular complexity index is 629. The predicted molar refractivity (Wildman–Crippen MR) is 76.3 cm³/mol. The van der Waals surface area contributed by atoms with Gasteiger partial charge in [0.05, 0.1) is 6.61 Å². The number of benzene rings is 1. The van der Waals surface area contributed by atoms with Crippen molar-refractivity contribution in [1.29, 1.82) is 0 Å². The Kier molecular flexibility index (Phi) is 2.73. The van der Waals surface area contributed by atoms with Crippen LogP contribution in [0.1, 0.15) is 31.2 Å². The lowest BCUT2D eigenvalue weighted by Crippen LogP contribution is -2.02. The zero-order valence-corrected chi connectivity index (χ0v) is 11.6. The summed E-state index contributed by atoms with van der Waals surface area (Å²) in [5, 5.41) is 0. The second-order valence-electron chi connectivity index (χ2n) is 5.34. The molecule has 1 aromatic heterocycles. The van der Waals surface area contributed by atoms with E-state index in [1.807, 2.05) is 23.7 Å². The van der Waals surface area contributed by atoms with E-state index < -0.39 is 0 Å². The summed E-state index contributed by atoms with van der Waals surface area (Å²) in [6.07, 6.45) is 0.965. The smallest absolute Gasteiger partial charge is 0.131 e. The Morgan fingerprint density at radius 3 is 2.84 bits per heavy atom. The van der Waals surface area contributed by atoms with Crippen molar-refractivity contribution in [3.63, 3.8) is 0 Å². The molecule has 0 atom stereocenters. The van der Waals surface area contributed by atoms with Gasteiger partial charge in [0.1, 0.15) is 23.1 Å². The molecule has 1 aliphatic heterocycles. The van der Waals surface area contributed by atoms with Gasteiger partial charge in [-0.3, -0.25) is 0 Å². The molecule has 0 unspecified atom stereocenters. The van der Waals surface area contributed by atoms with Crippen LogP contribution in [-0.2, 0) is 13.5 Å². The fraction of sp³-hybridized carbons (Fsp3) is 0.400. The second-order valence-corrected chi connectivity index (χ2v) is 5.34. The number of rotatable bonds is 2. The third-order valence-electron chi connectivity index (χ3n) is 3.65. The SMILES string of the molecule is CC(C)c1nc(-c2ccc3c(c2)CCO3)c(N)n1C.